The molecule has 1 saturated carbocycles. The Hall–Kier alpha value is -3.42. The van der Waals surface area contributed by atoms with Crippen molar-refractivity contribution in [1.29, 1.82) is 0 Å². The number of fused-ring (bicyclic) bond motifs is 5. The van der Waals surface area contributed by atoms with E-state index in [4.69, 9.17) is 14.6 Å². The number of amides is 2. The Bertz CT molecular complexity index is 984. The summed E-state index contributed by atoms with van der Waals surface area (Å²) in [4.78, 5) is 36.8. The van der Waals surface area contributed by atoms with Gasteiger partial charge in [-0.15, -0.1) is 6.58 Å². The van der Waals surface area contributed by atoms with Crippen LogP contribution < -0.4 is 9.47 Å². The molecular formula is C23H24N2O6. The van der Waals surface area contributed by atoms with Crippen molar-refractivity contribution in [3.8, 4) is 11.5 Å². The summed E-state index contributed by atoms with van der Waals surface area (Å²) >= 11 is 0. The number of carbonyl (C=O) groups excluding carboxylic acids is 2. The first-order valence-corrected chi connectivity index (χ1v) is 10.2. The highest BCUT2D eigenvalue weighted by atomic mass is 16.5. The average Bonchev–Trinajstić information content (AvgIpc) is 3.42. The van der Waals surface area contributed by atoms with E-state index in [1.54, 1.807) is 18.2 Å². The molecule has 1 heterocycles. The second-order valence-corrected chi connectivity index (χ2v) is 8.04. The zero-order valence-corrected chi connectivity index (χ0v) is 17.4. The van der Waals surface area contributed by atoms with Gasteiger partial charge >= 0.3 is 5.97 Å². The standard InChI is InChI=1S/C23H24N2O6/c1-4-5-16-8-13(9-17(30-3)20(16)31-12(2)23(28)29)11-24-25-21(26)18-14-6-7-15(10-14)19(18)22(25)27/h4,6-9,11-12,14-15,18-19H,1,5,10H2,2-3H3,(H,28,29)/t12-,14-,15-,18-,19+/m0/s1. The van der Waals surface area contributed by atoms with Gasteiger partial charge < -0.3 is 14.6 Å². The first-order chi connectivity index (χ1) is 14.8. The van der Waals surface area contributed by atoms with E-state index < -0.39 is 12.1 Å². The van der Waals surface area contributed by atoms with Crippen LogP contribution in [0.2, 0.25) is 0 Å². The van der Waals surface area contributed by atoms with Crippen LogP contribution in [0.5, 0.6) is 11.5 Å². The fourth-order valence-corrected chi connectivity index (χ4v) is 4.70. The van der Waals surface area contributed by atoms with Crippen molar-refractivity contribution in [3.05, 3.63) is 48.1 Å². The Morgan fingerprint density at radius 3 is 2.48 bits per heavy atom. The maximum Gasteiger partial charge on any atom is 0.344 e. The van der Waals surface area contributed by atoms with Crippen LogP contribution in [-0.2, 0) is 20.8 Å². The van der Waals surface area contributed by atoms with Gasteiger partial charge in [0, 0.05) is 5.56 Å². The van der Waals surface area contributed by atoms with Crippen LogP contribution in [-0.4, -0.2) is 47.3 Å². The number of aliphatic carboxylic acids is 1. The number of allylic oxidation sites excluding steroid dienone is 3. The SMILES string of the molecule is C=CCc1cc(C=NN2C(=O)[C@@H]3[C@H](C2=O)[C@H]2C=C[C@H]3C2)cc(OC)c1O[C@@H](C)C(=O)O. The Kier molecular flexibility index (Phi) is 5.39. The molecule has 2 bridgehead atoms. The number of methoxy groups -OCH3 is 1. The number of carbonyl (C=O) groups is 3. The summed E-state index contributed by atoms with van der Waals surface area (Å²) in [6, 6.07) is 3.37. The van der Waals surface area contributed by atoms with Gasteiger partial charge in [0.1, 0.15) is 0 Å². The van der Waals surface area contributed by atoms with Gasteiger partial charge in [0.05, 0.1) is 25.2 Å². The number of nitrogens with zero attached hydrogens (tertiary/aromatic N) is 2. The Morgan fingerprint density at radius 1 is 1.29 bits per heavy atom. The van der Waals surface area contributed by atoms with E-state index in [-0.39, 0.29) is 35.5 Å². The quantitative estimate of drug-likeness (QED) is 0.390. The largest absolute Gasteiger partial charge is 0.493 e. The molecule has 2 aliphatic carbocycles. The summed E-state index contributed by atoms with van der Waals surface area (Å²) in [5, 5.41) is 14.3. The molecule has 0 radical (unpaired) electrons. The molecule has 1 aliphatic heterocycles. The second-order valence-electron chi connectivity index (χ2n) is 8.04. The van der Waals surface area contributed by atoms with Gasteiger partial charge in [-0.3, -0.25) is 9.59 Å². The van der Waals surface area contributed by atoms with Crippen molar-refractivity contribution >= 4 is 24.0 Å². The van der Waals surface area contributed by atoms with E-state index in [1.165, 1.54) is 20.2 Å². The molecule has 31 heavy (non-hydrogen) atoms. The summed E-state index contributed by atoms with van der Waals surface area (Å²) in [6.07, 6.45) is 7.36. The molecule has 8 heteroatoms. The predicted octanol–water partition coefficient (Wildman–Crippen LogP) is 2.42. The lowest BCUT2D eigenvalue weighted by Gasteiger charge is -2.18. The van der Waals surface area contributed by atoms with Crippen molar-refractivity contribution in [2.24, 2.45) is 28.8 Å². The van der Waals surface area contributed by atoms with E-state index in [0.29, 0.717) is 29.0 Å². The lowest BCUT2D eigenvalue weighted by atomic mass is 9.85. The van der Waals surface area contributed by atoms with Crippen LogP contribution in [0, 0.1) is 23.7 Å². The van der Waals surface area contributed by atoms with Crippen molar-refractivity contribution in [3.63, 3.8) is 0 Å². The molecule has 1 aromatic rings. The minimum Gasteiger partial charge on any atom is -0.493 e. The Balaban J connectivity index is 1.61. The highest BCUT2D eigenvalue weighted by Crippen LogP contribution is 2.52. The number of hydrogen-bond acceptors (Lipinski definition) is 6. The summed E-state index contributed by atoms with van der Waals surface area (Å²) in [5.74, 6) is -1.34. The van der Waals surface area contributed by atoms with E-state index in [2.05, 4.69) is 11.7 Å². The fourth-order valence-electron chi connectivity index (χ4n) is 4.70. The van der Waals surface area contributed by atoms with E-state index in [9.17, 15) is 14.4 Å². The molecule has 5 atom stereocenters. The summed E-state index contributed by atoms with van der Waals surface area (Å²) < 4.78 is 11.0. The lowest BCUT2D eigenvalue weighted by molar-refractivity contribution is -0.144. The summed E-state index contributed by atoms with van der Waals surface area (Å²) in [5.41, 5.74) is 1.24. The molecule has 4 rings (SSSR count). The highest BCUT2D eigenvalue weighted by Gasteiger charge is 2.59. The number of carboxylic acid groups (broad SMARTS) is 1. The fraction of sp³-hybridized carbons (Fsp3) is 0.391. The van der Waals surface area contributed by atoms with Crippen LogP contribution in [0.1, 0.15) is 24.5 Å². The number of benzene rings is 1. The van der Waals surface area contributed by atoms with Crippen LogP contribution in [0.15, 0.2) is 42.0 Å². The number of imide groups is 1. The van der Waals surface area contributed by atoms with Gasteiger partial charge in [-0.2, -0.15) is 10.1 Å². The third kappa shape index (κ3) is 3.52. The van der Waals surface area contributed by atoms with Gasteiger partial charge in [0.25, 0.3) is 11.8 Å². The molecule has 2 amide bonds. The number of rotatable bonds is 8. The third-order valence-corrected chi connectivity index (χ3v) is 6.15. The topological polar surface area (TPSA) is 106 Å². The van der Waals surface area contributed by atoms with Gasteiger partial charge in [-0.25, -0.2) is 4.79 Å². The second kappa shape index (κ2) is 8.02. The van der Waals surface area contributed by atoms with Crippen molar-refractivity contribution < 1.29 is 29.0 Å². The molecule has 2 fully saturated rings. The minimum absolute atomic E-state index is 0.124. The van der Waals surface area contributed by atoms with Crippen LogP contribution in [0.4, 0.5) is 0 Å². The van der Waals surface area contributed by atoms with Crippen molar-refractivity contribution in [1.82, 2.24) is 5.01 Å². The van der Waals surface area contributed by atoms with Crippen molar-refractivity contribution in [2.75, 3.05) is 7.11 Å². The predicted molar refractivity (Wildman–Crippen MR) is 112 cm³/mol. The number of ether oxygens (including phenoxy) is 2. The van der Waals surface area contributed by atoms with E-state index >= 15 is 0 Å². The number of hydrazone groups is 1. The molecule has 0 spiro atoms. The van der Waals surface area contributed by atoms with Gasteiger partial charge in [0.15, 0.2) is 17.6 Å². The Labute approximate surface area is 179 Å². The molecule has 1 saturated heterocycles. The highest BCUT2D eigenvalue weighted by molar-refractivity contribution is 6.06. The smallest absolute Gasteiger partial charge is 0.344 e. The molecule has 162 valence electrons. The molecular weight excluding hydrogens is 400 g/mol. The van der Waals surface area contributed by atoms with Crippen molar-refractivity contribution in [2.45, 2.75) is 25.9 Å². The average molecular weight is 424 g/mol. The van der Waals surface area contributed by atoms with Crippen LogP contribution in [0.25, 0.3) is 0 Å². The minimum atomic E-state index is -1.10. The molecule has 0 aromatic heterocycles. The zero-order valence-electron chi connectivity index (χ0n) is 17.4. The van der Waals surface area contributed by atoms with Gasteiger partial charge in [-0.05, 0) is 49.3 Å². The van der Waals surface area contributed by atoms with E-state index in [0.717, 1.165) is 11.4 Å². The molecule has 1 aromatic carbocycles. The molecule has 3 aliphatic rings. The third-order valence-electron chi connectivity index (χ3n) is 6.15. The summed E-state index contributed by atoms with van der Waals surface area (Å²) in [7, 11) is 1.45. The number of hydrogen-bond donors (Lipinski definition) is 1. The van der Waals surface area contributed by atoms with E-state index in [1.807, 2.05) is 12.2 Å². The van der Waals surface area contributed by atoms with Gasteiger partial charge in [0.2, 0.25) is 0 Å². The Morgan fingerprint density at radius 2 is 1.94 bits per heavy atom. The first kappa shape index (κ1) is 20.8. The molecule has 0 unspecified atom stereocenters. The molecule has 1 N–H and O–H groups in total. The lowest BCUT2D eigenvalue weighted by Crippen LogP contribution is -2.28. The van der Waals surface area contributed by atoms with Crippen LogP contribution in [0.3, 0.4) is 0 Å². The zero-order chi connectivity index (χ0) is 22.3. The first-order valence-electron chi connectivity index (χ1n) is 10.2. The maximum absolute atomic E-state index is 12.8. The summed E-state index contributed by atoms with van der Waals surface area (Å²) in [6.45, 7) is 5.16. The van der Waals surface area contributed by atoms with Crippen LogP contribution >= 0.6 is 0 Å². The van der Waals surface area contributed by atoms with Gasteiger partial charge in [-0.1, -0.05) is 18.2 Å². The number of carboxylic acids is 1. The maximum atomic E-state index is 12.8. The monoisotopic (exact) mass is 424 g/mol. The molecule has 8 nitrogen and oxygen atoms in total. The normalized spacial score (nSPS) is 27.1.